The van der Waals surface area contributed by atoms with Crippen LogP contribution in [-0.2, 0) is 11.3 Å². The second-order valence-corrected chi connectivity index (χ2v) is 6.29. The average molecular weight is 342 g/mol. The van der Waals surface area contributed by atoms with Gasteiger partial charge in [-0.15, -0.1) is 0 Å². The highest BCUT2D eigenvalue weighted by Gasteiger charge is 2.24. The summed E-state index contributed by atoms with van der Waals surface area (Å²) in [7, 11) is 0. The van der Waals surface area contributed by atoms with Crippen LogP contribution in [0.25, 0.3) is 0 Å². The van der Waals surface area contributed by atoms with Crippen LogP contribution in [0.15, 0.2) is 30.6 Å². The molecule has 0 bridgehead atoms. The van der Waals surface area contributed by atoms with Crippen molar-refractivity contribution in [1.82, 2.24) is 25.4 Å². The van der Waals surface area contributed by atoms with Crippen LogP contribution in [0.3, 0.4) is 0 Å². The zero-order valence-corrected chi connectivity index (χ0v) is 13.9. The third-order valence-electron chi connectivity index (χ3n) is 4.38. The number of nitrogens with one attached hydrogen (secondary N) is 2. The molecule has 4 N–H and O–H groups in total. The fourth-order valence-corrected chi connectivity index (χ4v) is 3.09. The number of amides is 2. The molecule has 25 heavy (non-hydrogen) atoms. The first-order chi connectivity index (χ1) is 12.1. The van der Waals surface area contributed by atoms with E-state index in [1.54, 1.807) is 18.5 Å². The molecule has 0 saturated carbocycles. The predicted molar refractivity (Wildman–Crippen MR) is 91.6 cm³/mol. The van der Waals surface area contributed by atoms with Gasteiger partial charge in [-0.25, -0.2) is 0 Å². The first-order valence-corrected chi connectivity index (χ1v) is 8.35. The molecule has 2 aromatic rings. The van der Waals surface area contributed by atoms with Gasteiger partial charge in [0.25, 0.3) is 5.91 Å². The SMILES string of the molecule is NC(=O)c1cc([C@H]2CCCN(CC(=O)NCc3cccnc3)C2)[nH]n1. The molecule has 1 aliphatic rings. The second kappa shape index (κ2) is 7.89. The minimum Gasteiger partial charge on any atom is -0.364 e. The van der Waals surface area contributed by atoms with Crippen LogP contribution in [0.1, 0.15) is 40.5 Å². The molecule has 0 unspecified atom stereocenters. The number of hydrogen-bond donors (Lipinski definition) is 3. The highest BCUT2D eigenvalue weighted by molar-refractivity contribution is 5.90. The maximum atomic E-state index is 12.2. The lowest BCUT2D eigenvalue weighted by Crippen LogP contribution is -2.41. The van der Waals surface area contributed by atoms with Gasteiger partial charge in [0, 0.05) is 37.1 Å². The van der Waals surface area contributed by atoms with Gasteiger partial charge in [-0.3, -0.25) is 24.6 Å². The molecule has 1 aliphatic heterocycles. The van der Waals surface area contributed by atoms with Gasteiger partial charge in [-0.05, 0) is 37.1 Å². The molecule has 132 valence electrons. The molecule has 3 rings (SSSR count). The van der Waals surface area contributed by atoms with Crippen molar-refractivity contribution in [3.8, 4) is 0 Å². The van der Waals surface area contributed by atoms with Crippen molar-refractivity contribution >= 4 is 11.8 Å². The Bertz CT molecular complexity index is 730. The summed E-state index contributed by atoms with van der Waals surface area (Å²) in [5, 5.41) is 9.75. The Labute approximate surface area is 145 Å². The van der Waals surface area contributed by atoms with Gasteiger partial charge in [0.05, 0.1) is 6.54 Å². The van der Waals surface area contributed by atoms with E-state index in [1.165, 1.54) is 0 Å². The van der Waals surface area contributed by atoms with Crippen molar-refractivity contribution in [2.45, 2.75) is 25.3 Å². The van der Waals surface area contributed by atoms with Gasteiger partial charge < -0.3 is 11.1 Å². The fourth-order valence-electron chi connectivity index (χ4n) is 3.09. The molecule has 3 heterocycles. The number of pyridine rings is 1. The molecule has 8 heteroatoms. The van der Waals surface area contributed by atoms with E-state index in [-0.39, 0.29) is 17.5 Å². The van der Waals surface area contributed by atoms with Crippen LogP contribution < -0.4 is 11.1 Å². The molecule has 1 fully saturated rings. The van der Waals surface area contributed by atoms with Crippen LogP contribution in [0.4, 0.5) is 0 Å². The third kappa shape index (κ3) is 4.63. The Balaban J connectivity index is 1.50. The number of carbonyl (C=O) groups excluding carboxylic acids is 2. The van der Waals surface area contributed by atoms with E-state index in [0.29, 0.717) is 13.1 Å². The lowest BCUT2D eigenvalue weighted by Gasteiger charge is -2.31. The minimum atomic E-state index is -0.537. The topological polar surface area (TPSA) is 117 Å². The number of aromatic amines is 1. The monoisotopic (exact) mass is 342 g/mol. The van der Waals surface area contributed by atoms with E-state index in [4.69, 9.17) is 5.73 Å². The standard InChI is InChI=1S/C17H22N6O2/c18-17(25)15-7-14(21-22-15)13-4-2-6-23(10-13)11-16(24)20-9-12-3-1-5-19-8-12/h1,3,5,7-8,13H,2,4,6,9-11H2,(H2,18,25)(H,20,24)(H,21,22)/t13-/m0/s1. The normalized spacial score (nSPS) is 18.0. The summed E-state index contributed by atoms with van der Waals surface area (Å²) < 4.78 is 0. The highest BCUT2D eigenvalue weighted by Crippen LogP contribution is 2.25. The predicted octanol–water partition coefficient (Wildman–Crippen LogP) is 0.399. The number of nitrogens with two attached hydrogens (primary N) is 1. The molecule has 1 saturated heterocycles. The van der Waals surface area contributed by atoms with Gasteiger partial charge in [0.2, 0.25) is 5.91 Å². The molecular formula is C17H22N6O2. The van der Waals surface area contributed by atoms with Gasteiger partial charge in [-0.1, -0.05) is 6.07 Å². The zero-order chi connectivity index (χ0) is 17.6. The van der Waals surface area contributed by atoms with Crippen molar-refractivity contribution in [3.63, 3.8) is 0 Å². The van der Waals surface area contributed by atoms with Crippen molar-refractivity contribution in [2.75, 3.05) is 19.6 Å². The Hall–Kier alpha value is -2.74. The van der Waals surface area contributed by atoms with E-state index in [2.05, 4.69) is 25.4 Å². The summed E-state index contributed by atoms with van der Waals surface area (Å²) in [4.78, 5) is 29.5. The lowest BCUT2D eigenvalue weighted by atomic mass is 9.94. The van der Waals surface area contributed by atoms with Gasteiger partial charge in [0.1, 0.15) is 5.69 Å². The maximum absolute atomic E-state index is 12.2. The summed E-state index contributed by atoms with van der Waals surface area (Å²) in [5.74, 6) is -0.322. The third-order valence-corrected chi connectivity index (χ3v) is 4.38. The lowest BCUT2D eigenvalue weighted by molar-refractivity contribution is -0.122. The van der Waals surface area contributed by atoms with Crippen LogP contribution in [0.5, 0.6) is 0 Å². The molecule has 2 aromatic heterocycles. The fraction of sp³-hybridized carbons (Fsp3) is 0.412. The summed E-state index contributed by atoms with van der Waals surface area (Å²) in [6.07, 6.45) is 5.43. The van der Waals surface area contributed by atoms with Crippen LogP contribution >= 0.6 is 0 Å². The number of piperidine rings is 1. The molecule has 0 radical (unpaired) electrons. The number of carbonyl (C=O) groups is 2. The zero-order valence-electron chi connectivity index (χ0n) is 13.9. The Morgan fingerprint density at radius 2 is 2.32 bits per heavy atom. The largest absolute Gasteiger partial charge is 0.364 e. The number of hydrogen-bond acceptors (Lipinski definition) is 5. The number of primary amides is 1. The Morgan fingerprint density at radius 1 is 1.44 bits per heavy atom. The number of likely N-dealkylation sites (tertiary alicyclic amines) is 1. The maximum Gasteiger partial charge on any atom is 0.269 e. The molecule has 0 spiro atoms. The minimum absolute atomic E-state index is 0.00746. The second-order valence-electron chi connectivity index (χ2n) is 6.29. The number of H-pyrrole nitrogens is 1. The first kappa shape index (κ1) is 17.1. The average Bonchev–Trinajstić information content (AvgIpc) is 3.12. The van der Waals surface area contributed by atoms with E-state index < -0.39 is 5.91 Å². The van der Waals surface area contributed by atoms with E-state index in [9.17, 15) is 9.59 Å². The van der Waals surface area contributed by atoms with Crippen molar-refractivity contribution in [2.24, 2.45) is 5.73 Å². The van der Waals surface area contributed by atoms with Crippen LogP contribution in [0.2, 0.25) is 0 Å². The van der Waals surface area contributed by atoms with Gasteiger partial charge in [0.15, 0.2) is 0 Å². The smallest absolute Gasteiger partial charge is 0.269 e. The summed E-state index contributed by atoms with van der Waals surface area (Å²) >= 11 is 0. The van der Waals surface area contributed by atoms with Crippen LogP contribution in [-0.4, -0.2) is 51.5 Å². The summed E-state index contributed by atoms with van der Waals surface area (Å²) in [5.41, 5.74) is 7.37. The highest BCUT2D eigenvalue weighted by atomic mass is 16.2. The Morgan fingerprint density at radius 3 is 3.04 bits per heavy atom. The first-order valence-electron chi connectivity index (χ1n) is 8.35. The van der Waals surface area contributed by atoms with E-state index in [0.717, 1.165) is 37.2 Å². The van der Waals surface area contributed by atoms with Crippen molar-refractivity contribution in [3.05, 3.63) is 47.5 Å². The quantitative estimate of drug-likeness (QED) is 0.702. The molecule has 0 aliphatic carbocycles. The van der Waals surface area contributed by atoms with Crippen molar-refractivity contribution in [1.29, 1.82) is 0 Å². The molecule has 1 atom stereocenters. The molecule has 0 aromatic carbocycles. The van der Waals surface area contributed by atoms with Gasteiger partial charge >= 0.3 is 0 Å². The van der Waals surface area contributed by atoms with Gasteiger partial charge in [-0.2, -0.15) is 5.10 Å². The summed E-state index contributed by atoms with van der Waals surface area (Å²) in [6.45, 7) is 2.47. The number of aromatic nitrogens is 3. The molecule has 8 nitrogen and oxygen atoms in total. The summed E-state index contributed by atoms with van der Waals surface area (Å²) in [6, 6.07) is 5.49. The van der Waals surface area contributed by atoms with E-state index >= 15 is 0 Å². The Kier molecular flexibility index (Phi) is 5.39. The van der Waals surface area contributed by atoms with E-state index in [1.807, 2.05) is 12.1 Å². The molecule has 2 amide bonds. The van der Waals surface area contributed by atoms with Crippen molar-refractivity contribution < 1.29 is 9.59 Å². The van der Waals surface area contributed by atoms with Crippen LogP contribution in [0, 0.1) is 0 Å². The molecular weight excluding hydrogens is 320 g/mol. The number of nitrogens with zero attached hydrogens (tertiary/aromatic N) is 3. The number of rotatable bonds is 6.